The van der Waals surface area contributed by atoms with E-state index in [1.807, 2.05) is 6.07 Å². The summed E-state index contributed by atoms with van der Waals surface area (Å²) in [5.41, 5.74) is 4.38. The van der Waals surface area contributed by atoms with Crippen LogP contribution in [0.5, 0.6) is 11.5 Å². The predicted molar refractivity (Wildman–Crippen MR) is 131 cm³/mol. The molecule has 1 saturated heterocycles. The number of rotatable bonds is 3. The lowest BCUT2D eigenvalue weighted by Gasteiger charge is -2.33. The summed E-state index contributed by atoms with van der Waals surface area (Å²) in [5.74, 6) is 0.528. The summed E-state index contributed by atoms with van der Waals surface area (Å²) in [7, 11) is 0. The molecule has 4 heterocycles. The molecule has 0 saturated carbocycles. The number of nitrogens with zero attached hydrogens (tertiary/aromatic N) is 3. The van der Waals surface area contributed by atoms with E-state index >= 15 is 0 Å². The molecule has 3 atom stereocenters. The van der Waals surface area contributed by atoms with E-state index in [0.29, 0.717) is 23.1 Å². The fourth-order valence-electron chi connectivity index (χ4n) is 5.26. The average Bonchev–Trinajstić information content (AvgIpc) is 3.29. The van der Waals surface area contributed by atoms with E-state index in [4.69, 9.17) is 4.74 Å². The first-order valence-electron chi connectivity index (χ1n) is 12.0. The van der Waals surface area contributed by atoms with Crippen molar-refractivity contribution in [1.82, 2.24) is 15.5 Å². The van der Waals surface area contributed by atoms with Crippen molar-refractivity contribution >= 4 is 11.5 Å². The molecule has 10 heteroatoms. The van der Waals surface area contributed by atoms with Gasteiger partial charge in [0.15, 0.2) is 17.4 Å². The normalized spacial score (nSPS) is 21.9. The van der Waals surface area contributed by atoms with Gasteiger partial charge in [-0.3, -0.25) is 0 Å². The van der Waals surface area contributed by atoms with Gasteiger partial charge in [0.2, 0.25) is 6.93 Å². The molecular formula is C26H28F3N5O2. The topological polar surface area (TPSA) is 82.5 Å². The highest BCUT2D eigenvalue weighted by molar-refractivity contribution is 5.76. The van der Waals surface area contributed by atoms with Gasteiger partial charge in [-0.05, 0) is 61.3 Å². The lowest BCUT2D eigenvalue weighted by atomic mass is 9.95. The van der Waals surface area contributed by atoms with Crippen LogP contribution >= 0.6 is 0 Å². The number of hydrogen-bond donors (Lipinski definition) is 3. The molecule has 0 radical (unpaired) electrons. The molecule has 7 nitrogen and oxygen atoms in total. The van der Waals surface area contributed by atoms with Gasteiger partial charge in [-0.2, -0.15) is 0 Å². The number of anilines is 2. The Labute approximate surface area is 207 Å². The summed E-state index contributed by atoms with van der Waals surface area (Å²) in [6.07, 6.45) is 1.96. The summed E-state index contributed by atoms with van der Waals surface area (Å²) in [6, 6.07) is 13.4. The maximum absolute atomic E-state index is 13.9. The number of alkyl halides is 2. The van der Waals surface area contributed by atoms with Crippen molar-refractivity contribution in [1.29, 1.82) is 0 Å². The molecule has 3 aliphatic rings. The van der Waals surface area contributed by atoms with Crippen LogP contribution in [0.1, 0.15) is 30.5 Å². The predicted octanol–water partition coefficient (Wildman–Crippen LogP) is 4.53. The number of aromatic nitrogens is 2. The molecule has 3 N–H and O–H groups in total. The second-order valence-corrected chi connectivity index (χ2v) is 9.15. The minimum atomic E-state index is -1.75. The second kappa shape index (κ2) is 10.2. The number of nitrogens with one attached hydrogen (secondary N) is 2. The molecule has 0 amide bonds. The van der Waals surface area contributed by atoms with Crippen LogP contribution in [0.2, 0.25) is 0 Å². The van der Waals surface area contributed by atoms with Gasteiger partial charge in [0.25, 0.3) is 0 Å². The standard InChI is InChI=1S/C25H26FN5O2.CH2F2/c1-14-19-6-5-17(9-15(19)7-8-27-14)33-18-10-16-12-28-25-23(31(16)13-18)11-22(29-30-25)20-3-2-4-21(26)24(20)32;2-1-3/h2-6,9,11,14,16,18,27,32H,7-8,10,12-13H2,1H3,(H,28,30);1H2. The van der Waals surface area contributed by atoms with Crippen LogP contribution < -0.4 is 20.3 Å². The first-order chi connectivity index (χ1) is 17.5. The maximum Gasteiger partial charge on any atom is 0.229 e. The first-order valence-corrected chi connectivity index (χ1v) is 12.0. The number of phenols is 1. The van der Waals surface area contributed by atoms with E-state index in [2.05, 4.69) is 50.9 Å². The SMILES string of the molecule is CC1NCCc2cc(OC3CC4CNc5nnc(-c6cccc(F)c6O)cc5N4C3)ccc21.FCF. The number of para-hydroxylation sites is 1. The van der Waals surface area contributed by atoms with Crippen LogP contribution in [-0.2, 0) is 6.42 Å². The van der Waals surface area contributed by atoms with Gasteiger partial charge in [0.05, 0.1) is 24.0 Å². The smallest absolute Gasteiger partial charge is 0.229 e. The number of phenolic OH excluding ortho intramolecular Hbond substituents is 1. The Morgan fingerprint density at radius 2 is 2.00 bits per heavy atom. The zero-order valence-electron chi connectivity index (χ0n) is 19.8. The lowest BCUT2D eigenvalue weighted by Crippen LogP contribution is -2.40. The lowest BCUT2D eigenvalue weighted by molar-refractivity contribution is 0.221. The number of aromatic hydroxyl groups is 1. The summed E-state index contributed by atoms with van der Waals surface area (Å²) < 4.78 is 39.5. The molecule has 1 aromatic heterocycles. The third kappa shape index (κ3) is 4.65. The van der Waals surface area contributed by atoms with E-state index < -0.39 is 18.5 Å². The highest BCUT2D eigenvalue weighted by Gasteiger charge is 2.38. The maximum atomic E-state index is 13.9. The first kappa shape index (κ1) is 24.2. The van der Waals surface area contributed by atoms with E-state index in [0.717, 1.165) is 43.9 Å². The molecule has 0 spiro atoms. The van der Waals surface area contributed by atoms with Crippen molar-refractivity contribution in [3.63, 3.8) is 0 Å². The molecule has 1 fully saturated rings. The van der Waals surface area contributed by atoms with Crippen LogP contribution in [0.25, 0.3) is 11.3 Å². The Morgan fingerprint density at radius 3 is 2.83 bits per heavy atom. The molecule has 36 heavy (non-hydrogen) atoms. The molecule has 6 rings (SSSR count). The number of halogens is 3. The van der Waals surface area contributed by atoms with Crippen molar-refractivity contribution in [2.75, 3.05) is 36.8 Å². The molecule has 3 aromatic rings. The van der Waals surface area contributed by atoms with Crippen molar-refractivity contribution in [2.45, 2.75) is 38.0 Å². The van der Waals surface area contributed by atoms with Crippen LogP contribution in [0.4, 0.5) is 24.7 Å². The van der Waals surface area contributed by atoms with Crippen molar-refractivity contribution in [3.8, 4) is 22.8 Å². The van der Waals surface area contributed by atoms with Crippen molar-refractivity contribution in [3.05, 3.63) is 59.4 Å². The van der Waals surface area contributed by atoms with E-state index in [1.165, 1.54) is 17.2 Å². The highest BCUT2D eigenvalue weighted by atomic mass is 19.3. The number of hydrogen-bond acceptors (Lipinski definition) is 7. The van der Waals surface area contributed by atoms with E-state index in [-0.39, 0.29) is 12.1 Å². The van der Waals surface area contributed by atoms with Crippen LogP contribution in [0, 0.1) is 5.82 Å². The Morgan fingerprint density at radius 1 is 1.17 bits per heavy atom. The van der Waals surface area contributed by atoms with Gasteiger partial charge < -0.3 is 25.4 Å². The zero-order chi connectivity index (χ0) is 25.2. The highest BCUT2D eigenvalue weighted by Crippen LogP contribution is 2.39. The van der Waals surface area contributed by atoms with E-state index in [9.17, 15) is 18.3 Å². The van der Waals surface area contributed by atoms with Gasteiger partial charge in [0, 0.05) is 24.6 Å². The minimum Gasteiger partial charge on any atom is -0.504 e. The Hall–Kier alpha value is -3.53. The minimum absolute atomic E-state index is 0.0547. The quantitative estimate of drug-likeness (QED) is 0.489. The summed E-state index contributed by atoms with van der Waals surface area (Å²) in [5, 5.41) is 25.5. The fourth-order valence-corrected chi connectivity index (χ4v) is 5.26. The molecular weight excluding hydrogens is 471 g/mol. The van der Waals surface area contributed by atoms with Gasteiger partial charge in [0.1, 0.15) is 11.9 Å². The number of ether oxygens (including phenoxy) is 1. The molecule has 0 bridgehead atoms. The van der Waals surface area contributed by atoms with Crippen molar-refractivity contribution in [2.24, 2.45) is 0 Å². The van der Waals surface area contributed by atoms with Gasteiger partial charge >= 0.3 is 0 Å². The van der Waals surface area contributed by atoms with Crippen LogP contribution in [-0.4, -0.2) is 54.0 Å². The Kier molecular flexibility index (Phi) is 6.86. The average molecular weight is 500 g/mol. The molecule has 0 aliphatic carbocycles. The van der Waals surface area contributed by atoms with Crippen molar-refractivity contribution < 1.29 is 23.0 Å². The largest absolute Gasteiger partial charge is 0.504 e. The summed E-state index contributed by atoms with van der Waals surface area (Å²) in [6.45, 7) is 2.93. The molecule has 3 aliphatic heterocycles. The molecule has 190 valence electrons. The van der Waals surface area contributed by atoms with Gasteiger partial charge in [-0.25, -0.2) is 13.2 Å². The van der Waals surface area contributed by atoms with Crippen LogP contribution in [0.3, 0.4) is 0 Å². The Bertz CT molecular complexity index is 1240. The fraction of sp³-hybridized carbons (Fsp3) is 0.385. The van der Waals surface area contributed by atoms with Crippen LogP contribution in [0.15, 0.2) is 42.5 Å². The van der Waals surface area contributed by atoms with E-state index in [1.54, 1.807) is 12.1 Å². The van der Waals surface area contributed by atoms with Gasteiger partial charge in [-0.1, -0.05) is 12.1 Å². The monoisotopic (exact) mass is 499 g/mol. The second-order valence-electron chi connectivity index (χ2n) is 9.15. The third-order valence-corrected chi connectivity index (χ3v) is 6.96. The number of benzene rings is 2. The molecule has 2 aromatic carbocycles. The summed E-state index contributed by atoms with van der Waals surface area (Å²) >= 11 is 0. The third-order valence-electron chi connectivity index (χ3n) is 6.96. The zero-order valence-corrected chi connectivity index (χ0v) is 19.8. The number of fused-ring (bicyclic) bond motifs is 4. The summed E-state index contributed by atoms with van der Waals surface area (Å²) in [4.78, 5) is 2.29. The molecule has 3 unspecified atom stereocenters. The Balaban J connectivity index is 0.000000848. The van der Waals surface area contributed by atoms with Gasteiger partial charge in [-0.15, -0.1) is 10.2 Å².